The molecule has 0 aromatic heterocycles. The first kappa shape index (κ1) is 13.8. The third kappa shape index (κ3) is 3.63. The van der Waals surface area contributed by atoms with Crippen LogP contribution in [0.4, 0.5) is 13.2 Å². The molecular formula is C12H16F3NO. The van der Waals surface area contributed by atoms with Crippen LogP contribution in [-0.2, 0) is 0 Å². The first-order chi connectivity index (χ1) is 7.71. The van der Waals surface area contributed by atoms with Crippen molar-refractivity contribution in [3.8, 4) is 5.75 Å². The first-order valence-corrected chi connectivity index (χ1v) is 5.28. The molecule has 1 rings (SSSR count). The lowest BCUT2D eigenvalue weighted by molar-refractivity contribution is -0.199. The second-order valence-electron chi connectivity index (χ2n) is 4.19. The van der Waals surface area contributed by atoms with Crippen molar-refractivity contribution in [2.75, 3.05) is 0 Å². The molecule has 0 saturated heterocycles. The van der Waals surface area contributed by atoms with Crippen LogP contribution < -0.4 is 10.5 Å². The van der Waals surface area contributed by atoms with E-state index in [1.807, 2.05) is 13.8 Å². The predicted molar refractivity (Wildman–Crippen MR) is 60.0 cm³/mol. The van der Waals surface area contributed by atoms with Crippen molar-refractivity contribution in [2.45, 2.75) is 39.1 Å². The van der Waals surface area contributed by atoms with Gasteiger partial charge in [0.2, 0.25) is 6.10 Å². The summed E-state index contributed by atoms with van der Waals surface area (Å²) in [5.74, 6) is 0.188. The van der Waals surface area contributed by atoms with E-state index >= 15 is 0 Å². The maximum absolute atomic E-state index is 12.6. The van der Waals surface area contributed by atoms with Crippen LogP contribution in [0.1, 0.15) is 18.1 Å². The van der Waals surface area contributed by atoms with Gasteiger partial charge in [-0.1, -0.05) is 6.07 Å². The Morgan fingerprint density at radius 3 is 2.18 bits per heavy atom. The summed E-state index contributed by atoms with van der Waals surface area (Å²) >= 11 is 0. The molecule has 0 bridgehead atoms. The molecule has 2 atom stereocenters. The second kappa shape index (κ2) is 4.96. The van der Waals surface area contributed by atoms with Crippen molar-refractivity contribution in [2.24, 2.45) is 5.73 Å². The van der Waals surface area contributed by atoms with Gasteiger partial charge in [0.05, 0.1) is 0 Å². The number of hydrogen-bond donors (Lipinski definition) is 1. The fourth-order valence-corrected chi connectivity index (χ4v) is 1.41. The lowest BCUT2D eigenvalue weighted by atomic mass is 10.1. The number of halogens is 3. The molecule has 0 aliphatic heterocycles. The highest BCUT2D eigenvalue weighted by Gasteiger charge is 2.44. The van der Waals surface area contributed by atoms with Crippen LogP contribution in [0, 0.1) is 13.8 Å². The zero-order valence-corrected chi connectivity index (χ0v) is 10.0. The molecule has 0 fully saturated rings. The minimum atomic E-state index is -4.47. The first-order valence-electron chi connectivity index (χ1n) is 5.28. The van der Waals surface area contributed by atoms with Gasteiger partial charge in [0, 0.05) is 6.04 Å². The molecule has 0 aliphatic carbocycles. The van der Waals surface area contributed by atoms with Crippen molar-refractivity contribution in [1.29, 1.82) is 0 Å². The summed E-state index contributed by atoms with van der Waals surface area (Å²) in [7, 11) is 0. The van der Waals surface area contributed by atoms with Crippen molar-refractivity contribution >= 4 is 0 Å². The van der Waals surface area contributed by atoms with Crippen molar-refractivity contribution in [1.82, 2.24) is 0 Å². The van der Waals surface area contributed by atoms with Gasteiger partial charge < -0.3 is 10.5 Å². The molecule has 0 heterocycles. The number of rotatable bonds is 3. The van der Waals surface area contributed by atoms with Crippen LogP contribution in [0.25, 0.3) is 0 Å². The normalized spacial score (nSPS) is 15.5. The monoisotopic (exact) mass is 247 g/mol. The average molecular weight is 247 g/mol. The summed E-state index contributed by atoms with van der Waals surface area (Å²) in [4.78, 5) is 0. The highest BCUT2D eigenvalue weighted by atomic mass is 19.4. The molecule has 17 heavy (non-hydrogen) atoms. The molecule has 0 aliphatic rings. The van der Waals surface area contributed by atoms with E-state index in [2.05, 4.69) is 0 Å². The molecule has 1 aromatic carbocycles. The molecule has 2 nitrogen and oxygen atoms in total. The lowest BCUT2D eigenvalue weighted by Crippen LogP contribution is -2.47. The Hall–Kier alpha value is -1.23. The largest absolute Gasteiger partial charge is 0.479 e. The lowest BCUT2D eigenvalue weighted by Gasteiger charge is -2.25. The van der Waals surface area contributed by atoms with Crippen LogP contribution in [0.2, 0.25) is 0 Å². The number of alkyl halides is 3. The van der Waals surface area contributed by atoms with Gasteiger partial charge >= 0.3 is 6.18 Å². The summed E-state index contributed by atoms with van der Waals surface area (Å²) in [6, 6.07) is 3.70. The number of ether oxygens (including phenoxy) is 1. The van der Waals surface area contributed by atoms with Crippen LogP contribution in [0.3, 0.4) is 0 Å². The average Bonchev–Trinajstić information content (AvgIpc) is 2.17. The standard InChI is InChI=1S/C12H16F3NO/c1-7-4-5-10(6-8(7)2)17-11(9(3)16)12(13,14)15/h4-6,9,11H,16H2,1-3H3. The summed E-state index contributed by atoms with van der Waals surface area (Å²) in [5, 5.41) is 0. The van der Waals surface area contributed by atoms with Crippen LogP contribution >= 0.6 is 0 Å². The third-order valence-electron chi connectivity index (χ3n) is 2.54. The number of benzene rings is 1. The van der Waals surface area contributed by atoms with Crippen LogP contribution in [0.15, 0.2) is 18.2 Å². The van der Waals surface area contributed by atoms with Gasteiger partial charge in [-0.2, -0.15) is 13.2 Å². The fourth-order valence-electron chi connectivity index (χ4n) is 1.41. The zero-order chi connectivity index (χ0) is 13.2. The Morgan fingerprint density at radius 1 is 1.18 bits per heavy atom. The van der Waals surface area contributed by atoms with E-state index in [0.29, 0.717) is 0 Å². The molecular weight excluding hydrogens is 231 g/mol. The van der Waals surface area contributed by atoms with Gasteiger partial charge in [-0.05, 0) is 44.0 Å². The minimum Gasteiger partial charge on any atom is -0.479 e. The molecule has 96 valence electrons. The summed E-state index contributed by atoms with van der Waals surface area (Å²) in [5.41, 5.74) is 7.18. The van der Waals surface area contributed by atoms with E-state index in [-0.39, 0.29) is 5.75 Å². The minimum absolute atomic E-state index is 0.188. The quantitative estimate of drug-likeness (QED) is 0.891. The van der Waals surface area contributed by atoms with E-state index < -0.39 is 18.3 Å². The maximum Gasteiger partial charge on any atom is 0.426 e. The van der Waals surface area contributed by atoms with Crippen LogP contribution in [-0.4, -0.2) is 18.3 Å². The van der Waals surface area contributed by atoms with Crippen molar-refractivity contribution in [3.63, 3.8) is 0 Å². The molecule has 0 amide bonds. The van der Waals surface area contributed by atoms with Gasteiger partial charge in [-0.3, -0.25) is 0 Å². The molecule has 0 spiro atoms. The number of aryl methyl sites for hydroxylation is 2. The predicted octanol–water partition coefficient (Wildman–Crippen LogP) is 2.96. The Labute approximate surface area is 98.6 Å². The zero-order valence-electron chi connectivity index (χ0n) is 10.0. The van der Waals surface area contributed by atoms with Gasteiger partial charge in [-0.15, -0.1) is 0 Å². The van der Waals surface area contributed by atoms with E-state index in [4.69, 9.17) is 10.5 Å². The molecule has 1 aromatic rings. The summed E-state index contributed by atoms with van der Waals surface area (Å²) in [6.45, 7) is 4.97. The van der Waals surface area contributed by atoms with Gasteiger partial charge in [-0.25, -0.2) is 0 Å². The molecule has 0 radical (unpaired) electrons. The fraction of sp³-hybridized carbons (Fsp3) is 0.500. The molecule has 0 saturated carbocycles. The smallest absolute Gasteiger partial charge is 0.426 e. The highest BCUT2D eigenvalue weighted by molar-refractivity contribution is 5.34. The Bertz CT molecular complexity index is 388. The Balaban J connectivity index is 2.91. The second-order valence-corrected chi connectivity index (χ2v) is 4.19. The molecule has 2 unspecified atom stereocenters. The van der Waals surface area contributed by atoms with Gasteiger partial charge in [0.1, 0.15) is 5.75 Å². The van der Waals surface area contributed by atoms with E-state index in [1.165, 1.54) is 13.0 Å². The summed E-state index contributed by atoms with van der Waals surface area (Å²) < 4.78 is 42.8. The Morgan fingerprint density at radius 2 is 1.76 bits per heavy atom. The number of hydrogen-bond acceptors (Lipinski definition) is 2. The molecule has 2 N–H and O–H groups in total. The maximum atomic E-state index is 12.6. The van der Waals surface area contributed by atoms with Crippen molar-refractivity contribution in [3.05, 3.63) is 29.3 Å². The van der Waals surface area contributed by atoms with E-state index in [1.54, 1.807) is 12.1 Å². The highest BCUT2D eigenvalue weighted by Crippen LogP contribution is 2.27. The van der Waals surface area contributed by atoms with E-state index in [9.17, 15) is 13.2 Å². The van der Waals surface area contributed by atoms with Crippen LogP contribution in [0.5, 0.6) is 5.75 Å². The Kier molecular flexibility index (Phi) is 4.03. The van der Waals surface area contributed by atoms with Gasteiger partial charge in [0.15, 0.2) is 0 Å². The molecule has 5 heteroatoms. The summed E-state index contributed by atoms with van der Waals surface area (Å²) in [6.07, 6.45) is -6.45. The van der Waals surface area contributed by atoms with E-state index in [0.717, 1.165) is 11.1 Å². The number of nitrogens with two attached hydrogens (primary N) is 1. The topological polar surface area (TPSA) is 35.2 Å². The SMILES string of the molecule is Cc1ccc(OC(C(C)N)C(F)(F)F)cc1C. The van der Waals surface area contributed by atoms with Crippen molar-refractivity contribution < 1.29 is 17.9 Å². The van der Waals surface area contributed by atoms with Gasteiger partial charge in [0.25, 0.3) is 0 Å². The third-order valence-corrected chi connectivity index (χ3v) is 2.54.